The number of methoxy groups -OCH3 is 1. The molecule has 0 aliphatic carbocycles. The third-order valence-electron chi connectivity index (χ3n) is 2.96. The minimum Gasteiger partial charge on any atom is -0.380 e. The van der Waals surface area contributed by atoms with Crippen molar-refractivity contribution in [2.24, 2.45) is 0 Å². The van der Waals surface area contributed by atoms with Crippen molar-refractivity contribution in [3.05, 3.63) is 31.8 Å². The third-order valence-corrected chi connectivity index (χ3v) is 4.41. The zero-order valence-corrected chi connectivity index (χ0v) is 13.0. The van der Waals surface area contributed by atoms with Crippen molar-refractivity contribution >= 4 is 38.5 Å². The zero-order chi connectivity index (χ0) is 11.5. The van der Waals surface area contributed by atoms with E-state index in [2.05, 4.69) is 61.6 Å². The van der Waals surface area contributed by atoms with Crippen molar-refractivity contribution < 1.29 is 4.74 Å². The van der Waals surface area contributed by atoms with Gasteiger partial charge in [0.05, 0.1) is 6.10 Å². The van der Waals surface area contributed by atoms with Crippen LogP contribution < -0.4 is 0 Å². The van der Waals surface area contributed by atoms with Gasteiger partial charge >= 0.3 is 0 Å². The summed E-state index contributed by atoms with van der Waals surface area (Å²) in [7, 11) is 1.80. The van der Waals surface area contributed by atoms with E-state index >= 15 is 0 Å². The lowest BCUT2D eigenvalue weighted by Gasteiger charge is -2.16. The topological polar surface area (TPSA) is 12.5 Å². The van der Waals surface area contributed by atoms with Gasteiger partial charge in [-0.3, -0.25) is 4.90 Å². The van der Waals surface area contributed by atoms with Gasteiger partial charge in [-0.2, -0.15) is 0 Å². The molecule has 1 aliphatic heterocycles. The Bertz CT molecular complexity index is 372. The number of likely N-dealkylation sites (tertiary alicyclic amines) is 1. The van der Waals surface area contributed by atoms with E-state index in [0.717, 1.165) is 26.1 Å². The largest absolute Gasteiger partial charge is 0.380 e. The number of ether oxygens (including phenoxy) is 1. The Morgan fingerprint density at radius 3 is 3.06 bits per heavy atom. The van der Waals surface area contributed by atoms with E-state index in [0.29, 0.717) is 6.10 Å². The predicted octanol–water partition coefficient (Wildman–Crippen LogP) is 3.27. The molecule has 1 aromatic rings. The van der Waals surface area contributed by atoms with E-state index in [1.165, 1.54) is 13.6 Å². The molecule has 1 heterocycles. The molecule has 1 atom stereocenters. The summed E-state index contributed by atoms with van der Waals surface area (Å²) >= 11 is 5.96. The quantitative estimate of drug-likeness (QED) is 0.728. The van der Waals surface area contributed by atoms with Gasteiger partial charge in [0.1, 0.15) is 0 Å². The highest BCUT2D eigenvalue weighted by molar-refractivity contribution is 14.1. The Morgan fingerprint density at radius 2 is 2.38 bits per heavy atom. The predicted molar refractivity (Wildman–Crippen MR) is 77.6 cm³/mol. The summed E-state index contributed by atoms with van der Waals surface area (Å²) in [6.45, 7) is 3.20. The van der Waals surface area contributed by atoms with Crippen LogP contribution in [0.25, 0.3) is 0 Å². The highest BCUT2D eigenvalue weighted by atomic mass is 127. The van der Waals surface area contributed by atoms with E-state index in [1.807, 2.05) is 0 Å². The maximum atomic E-state index is 5.38. The number of halogens is 2. The van der Waals surface area contributed by atoms with Crippen LogP contribution in [0.1, 0.15) is 12.0 Å². The summed E-state index contributed by atoms with van der Waals surface area (Å²) in [5, 5.41) is 0. The number of benzene rings is 1. The molecule has 0 N–H and O–H groups in total. The highest BCUT2D eigenvalue weighted by Crippen LogP contribution is 2.23. The molecule has 0 aromatic heterocycles. The van der Waals surface area contributed by atoms with Crippen molar-refractivity contribution in [1.29, 1.82) is 0 Å². The van der Waals surface area contributed by atoms with Crippen molar-refractivity contribution in [2.45, 2.75) is 19.1 Å². The molecule has 1 aromatic carbocycles. The first-order chi connectivity index (χ1) is 7.69. The van der Waals surface area contributed by atoms with Crippen LogP contribution >= 0.6 is 38.5 Å². The molecular weight excluding hydrogens is 381 g/mol. The fraction of sp³-hybridized carbons (Fsp3) is 0.500. The van der Waals surface area contributed by atoms with Crippen LogP contribution in [0, 0.1) is 3.57 Å². The van der Waals surface area contributed by atoms with Crippen LogP contribution in [0.5, 0.6) is 0 Å². The molecule has 2 nitrogen and oxygen atoms in total. The minimum absolute atomic E-state index is 0.418. The first-order valence-electron chi connectivity index (χ1n) is 5.38. The third kappa shape index (κ3) is 3.18. The summed E-state index contributed by atoms with van der Waals surface area (Å²) in [4.78, 5) is 2.45. The Balaban J connectivity index is 2.01. The monoisotopic (exact) mass is 395 g/mol. The van der Waals surface area contributed by atoms with Crippen molar-refractivity contribution in [3.63, 3.8) is 0 Å². The first-order valence-corrected chi connectivity index (χ1v) is 7.25. The van der Waals surface area contributed by atoms with Crippen LogP contribution in [0.15, 0.2) is 22.7 Å². The van der Waals surface area contributed by atoms with Crippen LogP contribution in [-0.4, -0.2) is 31.2 Å². The van der Waals surface area contributed by atoms with Gasteiger partial charge in [-0.1, -0.05) is 15.9 Å². The van der Waals surface area contributed by atoms with Crippen LogP contribution in [-0.2, 0) is 11.3 Å². The molecule has 0 saturated carbocycles. The molecule has 1 saturated heterocycles. The normalized spacial score (nSPS) is 21.6. The second-order valence-electron chi connectivity index (χ2n) is 4.12. The molecule has 2 rings (SSSR count). The highest BCUT2D eigenvalue weighted by Gasteiger charge is 2.22. The van der Waals surface area contributed by atoms with E-state index in [4.69, 9.17) is 4.74 Å². The van der Waals surface area contributed by atoms with Gasteiger partial charge in [-0.05, 0) is 52.8 Å². The summed E-state index contributed by atoms with van der Waals surface area (Å²) in [6, 6.07) is 6.49. The summed E-state index contributed by atoms with van der Waals surface area (Å²) < 4.78 is 7.87. The number of hydrogen-bond donors (Lipinski definition) is 0. The van der Waals surface area contributed by atoms with Gasteiger partial charge < -0.3 is 4.74 Å². The van der Waals surface area contributed by atoms with E-state index in [-0.39, 0.29) is 0 Å². The van der Waals surface area contributed by atoms with Gasteiger partial charge in [-0.25, -0.2) is 0 Å². The molecule has 16 heavy (non-hydrogen) atoms. The van der Waals surface area contributed by atoms with Crippen molar-refractivity contribution in [2.75, 3.05) is 20.2 Å². The lowest BCUT2D eigenvalue weighted by atomic mass is 10.2. The van der Waals surface area contributed by atoms with Gasteiger partial charge in [0.15, 0.2) is 0 Å². The van der Waals surface area contributed by atoms with E-state index in [1.54, 1.807) is 7.11 Å². The van der Waals surface area contributed by atoms with Gasteiger partial charge in [0.25, 0.3) is 0 Å². The molecule has 0 spiro atoms. The first kappa shape index (κ1) is 12.8. The molecule has 88 valence electrons. The SMILES string of the molecule is COC1CCN(Cc2cc(I)ccc2Br)C1. The number of nitrogens with zero attached hydrogens (tertiary/aromatic N) is 1. The maximum Gasteiger partial charge on any atom is 0.0710 e. The fourth-order valence-corrected chi connectivity index (χ4v) is 2.97. The fourth-order valence-electron chi connectivity index (χ4n) is 2.04. The molecule has 0 radical (unpaired) electrons. The minimum atomic E-state index is 0.418. The Labute approximate surface area is 119 Å². The molecule has 1 aliphatic rings. The summed E-state index contributed by atoms with van der Waals surface area (Å²) in [6.07, 6.45) is 1.57. The molecular formula is C12H15BrINO. The summed E-state index contributed by atoms with van der Waals surface area (Å²) in [5.41, 5.74) is 1.36. The van der Waals surface area contributed by atoms with Gasteiger partial charge in [0.2, 0.25) is 0 Å². The summed E-state index contributed by atoms with van der Waals surface area (Å²) in [5.74, 6) is 0. The number of hydrogen-bond acceptors (Lipinski definition) is 2. The Hall–Kier alpha value is 0.350. The van der Waals surface area contributed by atoms with Gasteiger partial charge in [-0.15, -0.1) is 0 Å². The average molecular weight is 396 g/mol. The second kappa shape index (κ2) is 5.80. The van der Waals surface area contributed by atoms with Crippen molar-refractivity contribution in [1.82, 2.24) is 4.90 Å². The van der Waals surface area contributed by atoms with Crippen LogP contribution in [0.2, 0.25) is 0 Å². The Morgan fingerprint density at radius 1 is 1.56 bits per heavy atom. The average Bonchev–Trinajstić information content (AvgIpc) is 2.71. The molecule has 0 bridgehead atoms. The smallest absolute Gasteiger partial charge is 0.0710 e. The lowest BCUT2D eigenvalue weighted by Crippen LogP contribution is -2.22. The molecule has 0 amide bonds. The Kier molecular flexibility index (Phi) is 4.64. The standard InChI is InChI=1S/C12H15BrINO/c1-16-11-4-5-15(8-11)7-9-6-10(14)2-3-12(9)13/h2-3,6,11H,4-5,7-8H2,1H3. The van der Waals surface area contributed by atoms with E-state index in [9.17, 15) is 0 Å². The second-order valence-corrected chi connectivity index (χ2v) is 6.22. The molecule has 1 unspecified atom stereocenters. The van der Waals surface area contributed by atoms with Crippen LogP contribution in [0.3, 0.4) is 0 Å². The number of rotatable bonds is 3. The molecule has 4 heteroatoms. The van der Waals surface area contributed by atoms with Crippen LogP contribution in [0.4, 0.5) is 0 Å². The zero-order valence-electron chi connectivity index (χ0n) is 9.25. The van der Waals surface area contributed by atoms with Crippen molar-refractivity contribution in [3.8, 4) is 0 Å². The maximum absolute atomic E-state index is 5.38. The van der Waals surface area contributed by atoms with E-state index < -0.39 is 0 Å². The molecule has 1 fully saturated rings. The lowest BCUT2D eigenvalue weighted by molar-refractivity contribution is 0.107. The van der Waals surface area contributed by atoms with Gasteiger partial charge in [0, 0.05) is 34.8 Å².